The molecule has 0 saturated carbocycles. The molecule has 1 atom stereocenters. The van der Waals surface area contributed by atoms with Gasteiger partial charge in [-0.1, -0.05) is 6.07 Å². The van der Waals surface area contributed by atoms with Crippen molar-refractivity contribution in [1.29, 1.82) is 0 Å². The molecule has 1 aliphatic rings. The summed E-state index contributed by atoms with van der Waals surface area (Å²) in [6.07, 6.45) is 3.79. The molecular formula is C21H25N3O2. The third-order valence-electron chi connectivity index (χ3n) is 5.55. The molecule has 2 N–H and O–H groups in total. The average Bonchev–Trinajstić information content (AvgIpc) is 2.95. The Bertz CT molecular complexity index is 934. The van der Waals surface area contributed by atoms with Crippen LogP contribution in [0.1, 0.15) is 34.1 Å². The van der Waals surface area contributed by atoms with Crippen LogP contribution in [0.25, 0.3) is 10.9 Å². The van der Waals surface area contributed by atoms with E-state index in [9.17, 15) is 10.2 Å². The van der Waals surface area contributed by atoms with Crippen LogP contribution in [0.2, 0.25) is 0 Å². The van der Waals surface area contributed by atoms with E-state index in [0.717, 1.165) is 47.1 Å². The SMILES string of the molecule is Cc1ccc2c(c1CO)c1c(n2CC(O)c2ccncc2)CCN(C)C1. The van der Waals surface area contributed by atoms with Gasteiger partial charge in [-0.3, -0.25) is 4.98 Å². The van der Waals surface area contributed by atoms with Crippen LogP contribution < -0.4 is 0 Å². The Kier molecular flexibility index (Phi) is 4.53. The van der Waals surface area contributed by atoms with Crippen LogP contribution in [0.3, 0.4) is 0 Å². The van der Waals surface area contributed by atoms with Crippen LogP contribution in [-0.2, 0) is 26.1 Å². The van der Waals surface area contributed by atoms with Crippen molar-refractivity contribution >= 4 is 10.9 Å². The Morgan fingerprint density at radius 2 is 1.96 bits per heavy atom. The standard InChI is InChI=1S/C21H25N3O2/c1-14-3-4-19-21(17(14)13-25)16-11-23(2)10-7-18(16)24(19)12-20(26)15-5-8-22-9-6-15/h3-6,8-9,20,25-26H,7,10-13H2,1-2H3. The average molecular weight is 351 g/mol. The maximum Gasteiger partial charge on any atom is 0.0970 e. The summed E-state index contributed by atoms with van der Waals surface area (Å²) >= 11 is 0. The monoisotopic (exact) mass is 351 g/mol. The predicted molar refractivity (Wildman–Crippen MR) is 102 cm³/mol. The number of nitrogens with zero attached hydrogens (tertiary/aromatic N) is 3. The maximum absolute atomic E-state index is 10.8. The first-order chi connectivity index (χ1) is 12.6. The Labute approximate surface area is 153 Å². The molecule has 3 heterocycles. The van der Waals surface area contributed by atoms with Gasteiger partial charge in [0.15, 0.2) is 0 Å². The summed E-state index contributed by atoms with van der Waals surface area (Å²) in [6.45, 7) is 4.47. The van der Waals surface area contributed by atoms with Gasteiger partial charge in [0, 0.05) is 48.5 Å². The minimum Gasteiger partial charge on any atom is -0.392 e. The van der Waals surface area contributed by atoms with E-state index >= 15 is 0 Å². The van der Waals surface area contributed by atoms with Crippen molar-refractivity contribution in [2.45, 2.75) is 39.1 Å². The number of likely N-dealkylation sites (N-methyl/N-ethyl adjacent to an activating group) is 1. The fourth-order valence-electron chi connectivity index (χ4n) is 4.13. The lowest BCUT2D eigenvalue weighted by Crippen LogP contribution is -2.27. The lowest BCUT2D eigenvalue weighted by molar-refractivity contribution is 0.156. The summed E-state index contributed by atoms with van der Waals surface area (Å²) in [4.78, 5) is 6.35. The quantitative estimate of drug-likeness (QED) is 0.758. The van der Waals surface area contributed by atoms with Gasteiger partial charge >= 0.3 is 0 Å². The molecular weight excluding hydrogens is 326 g/mol. The summed E-state index contributed by atoms with van der Waals surface area (Å²) < 4.78 is 2.25. The Balaban J connectivity index is 1.87. The van der Waals surface area contributed by atoms with Crippen molar-refractivity contribution < 1.29 is 10.2 Å². The van der Waals surface area contributed by atoms with Gasteiger partial charge in [0.2, 0.25) is 0 Å². The van der Waals surface area contributed by atoms with Crippen molar-refractivity contribution in [2.24, 2.45) is 0 Å². The highest BCUT2D eigenvalue weighted by Gasteiger charge is 2.25. The molecule has 0 saturated heterocycles. The van der Waals surface area contributed by atoms with E-state index in [4.69, 9.17) is 0 Å². The highest BCUT2D eigenvalue weighted by Crippen LogP contribution is 2.35. The summed E-state index contributed by atoms with van der Waals surface area (Å²) in [6, 6.07) is 7.92. The number of benzene rings is 1. The van der Waals surface area contributed by atoms with E-state index in [0.29, 0.717) is 6.54 Å². The molecule has 4 rings (SSSR count). The largest absolute Gasteiger partial charge is 0.392 e. The van der Waals surface area contributed by atoms with Crippen molar-refractivity contribution in [3.63, 3.8) is 0 Å². The van der Waals surface area contributed by atoms with Crippen LogP contribution in [0, 0.1) is 6.92 Å². The highest BCUT2D eigenvalue weighted by atomic mass is 16.3. The Morgan fingerprint density at radius 1 is 1.19 bits per heavy atom. The number of aliphatic hydroxyl groups excluding tert-OH is 2. The minimum atomic E-state index is -0.587. The first-order valence-corrected chi connectivity index (χ1v) is 9.10. The number of fused-ring (bicyclic) bond motifs is 3. The van der Waals surface area contributed by atoms with Crippen molar-refractivity contribution in [3.8, 4) is 0 Å². The second-order valence-electron chi connectivity index (χ2n) is 7.23. The van der Waals surface area contributed by atoms with Crippen molar-refractivity contribution in [2.75, 3.05) is 13.6 Å². The second kappa shape index (κ2) is 6.83. The summed E-state index contributed by atoms with van der Waals surface area (Å²) in [7, 11) is 2.13. The van der Waals surface area contributed by atoms with Gasteiger partial charge in [-0.05, 0) is 54.4 Å². The first-order valence-electron chi connectivity index (χ1n) is 9.10. The molecule has 136 valence electrons. The molecule has 0 aliphatic carbocycles. The number of rotatable bonds is 4. The first kappa shape index (κ1) is 17.2. The normalized spacial score (nSPS) is 16.0. The zero-order valence-corrected chi connectivity index (χ0v) is 15.3. The van der Waals surface area contributed by atoms with Crippen LogP contribution in [0.4, 0.5) is 0 Å². The third kappa shape index (κ3) is 2.82. The van der Waals surface area contributed by atoms with Crippen LogP contribution >= 0.6 is 0 Å². The van der Waals surface area contributed by atoms with Gasteiger partial charge in [-0.2, -0.15) is 0 Å². The molecule has 0 spiro atoms. The highest BCUT2D eigenvalue weighted by molar-refractivity contribution is 5.90. The molecule has 0 fully saturated rings. The molecule has 5 heteroatoms. The molecule has 3 aromatic rings. The fourth-order valence-corrected chi connectivity index (χ4v) is 4.13. The van der Waals surface area contributed by atoms with Crippen molar-refractivity contribution in [1.82, 2.24) is 14.5 Å². The molecule has 1 aromatic carbocycles. The second-order valence-corrected chi connectivity index (χ2v) is 7.23. The van der Waals surface area contributed by atoms with E-state index in [1.54, 1.807) is 12.4 Å². The van der Waals surface area contributed by atoms with Crippen LogP contribution in [0.15, 0.2) is 36.7 Å². The summed E-state index contributed by atoms with van der Waals surface area (Å²) in [5, 5.41) is 21.9. The third-order valence-corrected chi connectivity index (χ3v) is 5.55. The van der Waals surface area contributed by atoms with Crippen LogP contribution in [-0.4, -0.2) is 38.3 Å². The van der Waals surface area contributed by atoms with Gasteiger partial charge in [0.05, 0.1) is 19.3 Å². The number of aromatic nitrogens is 2. The summed E-state index contributed by atoms with van der Waals surface area (Å²) in [5.41, 5.74) is 6.68. The van der Waals surface area contributed by atoms with Gasteiger partial charge in [0.1, 0.15) is 0 Å². The van der Waals surface area contributed by atoms with Gasteiger partial charge in [-0.15, -0.1) is 0 Å². The number of aliphatic hydroxyl groups is 2. The van der Waals surface area contributed by atoms with E-state index in [2.05, 4.69) is 33.6 Å². The number of pyridine rings is 1. The van der Waals surface area contributed by atoms with E-state index in [1.165, 1.54) is 11.3 Å². The lowest BCUT2D eigenvalue weighted by atomic mass is 9.98. The topological polar surface area (TPSA) is 61.5 Å². The number of aryl methyl sites for hydroxylation is 1. The number of hydrogen-bond acceptors (Lipinski definition) is 4. The van der Waals surface area contributed by atoms with Crippen molar-refractivity contribution in [3.05, 3.63) is 64.6 Å². The molecule has 0 amide bonds. The van der Waals surface area contributed by atoms with Gasteiger partial charge < -0.3 is 19.7 Å². The zero-order chi connectivity index (χ0) is 18.3. The smallest absolute Gasteiger partial charge is 0.0970 e. The number of hydrogen-bond donors (Lipinski definition) is 2. The molecule has 1 unspecified atom stereocenters. The molecule has 0 bridgehead atoms. The van der Waals surface area contributed by atoms with Crippen LogP contribution in [0.5, 0.6) is 0 Å². The minimum absolute atomic E-state index is 0.0379. The van der Waals surface area contributed by atoms with E-state index in [1.807, 2.05) is 19.1 Å². The predicted octanol–water partition coefficient (Wildman–Crippen LogP) is 2.56. The lowest BCUT2D eigenvalue weighted by Gasteiger charge is -2.25. The maximum atomic E-state index is 10.8. The molecule has 2 aromatic heterocycles. The summed E-state index contributed by atoms with van der Waals surface area (Å²) in [5.74, 6) is 0. The van der Waals surface area contributed by atoms with E-state index in [-0.39, 0.29) is 6.61 Å². The Morgan fingerprint density at radius 3 is 2.69 bits per heavy atom. The van der Waals surface area contributed by atoms with Gasteiger partial charge in [-0.25, -0.2) is 0 Å². The fraction of sp³-hybridized carbons (Fsp3) is 0.381. The van der Waals surface area contributed by atoms with Gasteiger partial charge in [0.25, 0.3) is 0 Å². The zero-order valence-electron chi connectivity index (χ0n) is 15.3. The molecule has 1 aliphatic heterocycles. The Hall–Kier alpha value is -2.21. The molecule has 5 nitrogen and oxygen atoms in total. The van der Waals surface area contributed by atoms with E-state index < -0.39 is 6.10 Å². The molecule has 26 heavy (non-hydrogen) atoms. The molecule has 0 radical (unpaired) electrons.